The number of esters is 1. The van der Waals surface area contributed by atoms with Crippen molar-refractivity contribution in [3.63, 3.8) is 0 Å². The Morgan fingerprint density at radius 3 is 2.58 bits per heavy atom. The highest BCUT2D eigenvalue weighted by Gasteiger charge is 2.44. The molecule has 0 radical (unpaired) electrons. The lowest BCUT2D eigenvalue weighted by Crippen LogP contribution is -2.25. The van der Waals surface area contributed by atoms with Gasteiger partial charge in [-0.3, -0.25) is 9.59 Å². The molecule has 3 atom stereocenters. The van der Waals surface area contributed by atoms with Crippen molar-refractivity contribution in [2.24, 2.45) is 11.8 Å². The molecule has 24 heavy (non-hydrogen) atoms. The number of unbranched alkanes of at least 4 members (excludes halogenated alkanes) is 3. The van der Waals surface area contributed by atoms with E-state index in [9.17, 15) is 19.8 Å². The second kappa shape index (κ2) is 9.21. The molecule has 0 unspecified atom stereocenters. The Bertz CT molecular complexity index is 482. The molecule has 0 spiro atoms. The number of ether oxygens (including phenoxy) is 1. The zero-order valence-electron chi connectivity index (χ0n) is 14.6. The van der Waals surface area contributed by atoms with Gasteiger partial charge in [0.1, 0.15) is 5.78 Å². The van der Waals surface area contributed by atoms with E-state index in [2.05, 4.69) is 4.74 Å². The van der Waals surface area contributed by atoms with Crippen LogP contribution >= 0.6 is 0 Å². The maximum absolute atomic E-state index is 12.3. The van der Waals surface area contributed by atoms with Crippen molar-refractivity contribution in [2.45, 2.75) is 76.7 Å². The van der Waals surface area contributed by atoms with E-state index in [0.29, 0.717) is 18.6 Å². The summed E-state index contributed by atoms with van der Waals surface area (Å²) in [5.41, 5.74) is 0.926. The number of hydrogen-bond donors (Lipinski definition) is 2. The Morgan fingerprint density at radius 2 is 1.88 bits per heavy atom. The smallest absolute Gasteiger partial charge is 0.305 e. The molecule has 1 saturated carbocycles. The number of carbonyl (C=O) groups excluding carboxylic acids is 2. The largest absolute Gasteiger partial charge is 0.512 e. The lowest BCUT2D eigenvalue weighted by Gasteiger charge is -2.27. The Morgan fingerprint density at radius 1 is 1.17 bits per heavy atom. The van der Waals surface area contributed by atoms with Crippen molar-refractivity contribution >= 4 is 11.8 Å². The number of allylic oxidation sites excluding steroid dienone is 1. The van der Waals surface area contributed by atoms with Gasteiger partial charge in [0.2, 0.25) is 0 Å². The molecule has 0 aromatic heterocycles. The number of aliphatic hydroxyl groups excluding tert-OH is 2. The van der Waals surface area contributed by atoms with Gasteiger partial charge in [0.25, 0.3) is 0 Å². The lowest BCUT2D eigenvalue weighted by atomic mass is 9.79. The predicted octanol–water partition coefficient (Wildman–Crippen LogP) is 3.45. The Kier molecular flexibility index (Phi) is 7.28. The standard InChI is InChI=1S/C19H30O5/c1-24-18(23)11-5-3-2-4-8-14-16(21)12-17(22)19(14)13-9-6-7-10-15(13)20/h14,17,19-20,22H,2-12H2,1H3/t14-,17+,19+/m0/s1. The summed E-state index contributed by atoms with van der Waals surface area (Å²) in [7, 11) is 1.40. The average Bonchev–Trinajstić information content (AvgIpc) is 2.84. The first-order valence-corrected chi connectivity index (χ1v) is 9.23. The summed E-state index contributed by atoms with van der Waals surface area (Å²) < 4.78 is 4.62. The molecule has 0 amide bonds. The normalized spacial score (nSPS) is 27.6. The quantitative estimate of drug-likeness (QED) is 0.523. The molecule has 0 aromatic carbocycles. The fourth-order valence-electron chi connectivity index (χ4n) is 4.13. The van der Waals surface area contributed by atoms with E-state index in [0.717, 1.165) is 56.9 Å². The van der Waals surface area contributed by atoms with Gasteiger partial charge >= 0.3 is 5.97 Å². The summed E-state index contributed by atoms with van der Waals surface area (Å²) in [5, 5.41) is 20.5. The number of rotatable bonds is 8. The SMILES string of the molecule is COC(=O)CCCCCC[C@H]1C(=O)C[C@@H](O)[C@@H]1C1=C(O)CCCC1. The van der Waals surface area contributed by atoms with Crippen LogP contribution in [0.5, 0.6) is 0 Å². The third-order valence-electron chi connectivity index (χ3n) is 5.43. The minimum atomic E-state index is -0.642. The van der Waals surface area contributed by atoms with E-state index in [1.165, 1.54) is 7.11 Å². The van der Waals surface area contributed by atoms with Crippen molar-refractivity contribution in [3.8, 4) is 0 Å². The molecule has 2 rings (SSSR count). The van der Waals surface area contributed by atoms with Gasteiger partial charge in [-0.05, 0) is 37.7 Å². The molecule has 2 N–H and O–H groups in total. The number of aliphatic hydroxyl groups is 2. The minimum absolute atomic E-state index is 0.132. The average molecular weight is 338 g/mol. The fraction of sp³-hybridized carbons (Fsp3) is 0.789. The Hall–Kier alpha value is -1.36. The van der Waals surface area contributed by atoms with Crippen LogP contribution in [-0.2, 0) is 14.3 Å². The second-order valence-corrected chi connectivity index (χ2v) is 7.08. The number of hydrogen-bond acceptors (Lipinski definition) is 5. The molecule has 2 aliphatic carbocycles. The highest BCUT2D eigenvalue weighted by Crippen LogP contribution is 2.42. The van der Waals surface area contributed by atoms with E-state index in [1.807, 2.05) is 0 Å². The van der Waals surface area contributed by atoms with Crippen LogP contribution < -0.4 is 0 Å². The first-order chi connectivity index (χ1) is 11.5. The molecule has 0 bridgehead atoms. The van der Waals surface area contributed by atoms with Gasteiger partial charge < -0.3 is 14.9 Å². The van der Waals surface area contributed by atoms with Crippen molar-refractivity contribution in [1.29, 1.82) is 0 Å². The number of carbonyl (C=O) groups is 2. The third-order valence-corrected chi connectivity index (χ3v) is 5.43. The van der Waals surface area contributed by atoms with Crippen LogP contribution in [0.25, 0.3) is 0 Å². The zero-order chi connectivity index (χ0) is 17.5. The summed E-state index contributed by atoms with van der Waals surface area (Å²) in [5.74, 6) is 0.0172. The van der Waals surface area contributed by atoms with Crippen LogP contribution in [0.3, 0.4) is 0 Å². The van der Waals surface area contributed by atoms with Gasteiger partial charge in [-0.2, -0.15) is 0 Å². The van der Waals surface area contributed by atoms with Gasteiger partial charge in [-0.25, -0.2) is 0 Å². The molecule has 136 valence electrons. The van der Waals surface area contributed by atoms with Gasteiger partial charge in [-0.15, -0.1) is 0 Å². The highest BCUT2D eigenvalue weighted by molar-refractivity contribution is 5.85. The van der Waals surface area contributed by atoms with Crippen molar-refractivity contribution in [2.75, 3.05) is 7.11 Å². The first-order valence-electron chi connectivity index (χ1n) is 9.23. The van der Waals surface area contributed by atoms with Gasteiger partial charge in [0, 0.05) is 31.1 Å². The Balaban J connectivity index is 1.83. The molecule has 0 aliphatic heterocycles. The zero-order valence-corrected chi connectivity index (χ0v) is 14.6. The summed E-state index contributed by atoms with van der Waals surface area (Å²) in [6, 6.07) is 0. The summed E-state index contributed by atoms with van der Waals surface area (Å²) in [6.45, 7) is 0. The van der Waals surface area contributed by atoms with Gasteiger partial charge in [0.15, 0.2) is 0 Å². The summed E-state index contributed by atoms with van der Waals surface area (Å²) in [6.07, 6.45) is 7.89. The van der Waals surface area contributed by atoms with Crippen LogP contribution in [0.15, 0.2) is 11.3 Å². The summed E-state index contributed by atoms with van der Waals surface area (Å²) in [4.78, 5) is 23.3. The van der Waals surface area contributed by atoms with Crippen LogP contribution in [0, 0.1) is 11.8 Å². The monoisotopic (exact) mass is 338 g/mol. The first kappa shape index (κ1) is 19.0. The lowest BCUT2D eigenvalue weighted by molar-refractivity contribution is -0.140. The molecule has 5 nitrogen and oxygen atoms in total. The van der Waals surface area contributed by atoms with E-state index in [1.54, 1.807) is 0 Å². The Labute approximate surface area is 144 Å². The molecule has 1 fully saturated rings. The van der Waals surface area contributed by atoms with Crippen LogP contribution in [0.4, 0.5) is 0 Å². The molecule has 0 saturated heterocycles. The summed E-state index contributed by atoms with van der Waals surface area (Å²) >= 11 is 0. The molecular weight excluding hydrogens is 308 g/mol. The molecular formula is C19H30O5. The molecule has 2 aliphatic rings. The van der Waals surface area contributed by atoms with Crippen LogP contribution in [0.2, 0.25) is 0 Å². The van der Waals surface area contributed by atoms with Gasteiger partial charge in [0.05, 0.1) is 19.0 Å². The molecule has 0 aromatic rings. The van der Waals surface area contributed by atoms with Crippen molar-refractivity contribution in [3.05, 3.63) is 11.3 Å². The van der Waals surface area contributed by atoms with E-state index >= 15 is 0 Å². The number of Topliss-reactive ketones (excluding diaryl/α,β-unsaturated/α-hetero) is 1. The predicted molar refractivity (Wildman–Crippen MR) is 90.5 cm³/mol. The van der Waals surface area contributed by atoms with Crippen LogP contribution in [0.1, 0.15) is 70.6 Å². The second-order valence-electron chi connectivity index (χ2n) is 7.08. The number of ketones is 1. The maximum atomic E-state index is 12.3. The fourth-order valence-corrected chi connectivity index (χ4v) is 4.13. The van der Waals surface area contributed by atoms with E-state index < -0.39 is 6.10 Å². The van der Waals surface area contributed by atoms with Crippen molar-refractivity contribution < 1.29 is 24.5 Å². The minimum Gasteiger partial charge on any atom is -0.512 e. The van der Waals surface area contributed by atoms with Crippen molar-refractivity contribution in [1.82, 2.24) is 0 Å². The van der Waals surface area contributed by atoms with E-state index in [-0.39, 0.29) is 30.0 Å². The van der Waals surface area contributed by atoms with Gasteiger partial charge in [-0.1, -0.05) is 19.3 Å². The molecule has 5 heteroatoms. The highest BCUT2D eigenvalue weighted by atomic mass is 16.5. The maximum Gasteiger partial charge on any atom is 0.305 e. The topological polar surface area (TPSA) is 83.8 Å². The van der Waals surface area contributed by atoms with E-state index in [4.69, 9.17) is 0 Å². The molecule has 0 heterocycles. The number of methoxy groups -OCH3 is 1. The third kappa shape index (κ3) is 4.82. The van der Waals surface area contributed by atoms with Crippen LogP contribution in [-0.4, -0.2) is 35.2 Å².